The van der Waals surface area contributed by atoms with Gasteiger partial charge in [-0.3, -0.25) is 9.05 Å². The van der Waals surface area contributed by atoms with Crippen LogP contribution in [0.2, 0.25) is 0 Å². The van der Waals surface area contributed by atoms with Gasteiger partial charge in [-0.25, -0.2) is 4.57 Å². The van der Waals surface area contributed by atoms with Gasteiger partial charge in [0.05, 0.1) is 34.4 Å². The monoisotopic (exact) mass is 530 g/mol. The van der Waals surface area contributed by atoms with Gasteiger partial charge in [0.2, 0.25) is 0 Å². The molecular weight excluding hydrogens is 477 g/mol. The van der Waals surface area contributed by atoms with Gasteiger partial charge in [-0.15, -0.1) is 0 Å². The summed E-state index contributed by atoms with van der Waals surface area (Å²) in [6.07, 6.45) is 27.6. The molecule has 2 atom stereocenters. The zero-order valence-corrected chi connectivity index (χ0v) is 24.1. The molecule has 0 aliphatic rings. The number of aliphatic hydroxyl groups excluding tert-OH is 1. The first kappa shape index (κ1) is 35.0. The van der Waals surface area contributed by atoms with E-state index in [1.54, 1.807) is 0 Å². The Hall–Kier alpha value is -1.05. The highest BCUT2D eigenvalue weighted by atomic mass is 31.2. The number of ether oxygens (including phenoxy) is 1. The first-order chi connectivity index (χ1) is 17.2. The van der Waals surface area contributed by atoms with E-state index < -0.39 is 13.9 Å². The molecule has 0 fully saturated rings. The Morgan fingerprint density at radius 3 is 1.92 bits per heavy atom. The summed E-state index contributed by atoms with van der Waals surface area (Å²) in [5.74, 6) is 0. The Bertz CT molecular complexity index is 669. The molecule has 2 N–H and O–H groups in total. The fraction of sp³-hybridized carbons (Fsp3) is 0.714. The number of phosphoric ester groups is 1. The summed E-state index contributed by atoms with van der Waals surface area (Å²) in [5, 5.41) is 9.86. The van der Waals surface area contributed by atoms with Crippen molar-refractivity contribution in [2.75, 3.05) is 54.1 Å². The minimum Gasteiger partial charge on any atom is -0.388 e. The lowest BCUT2D eigenvalue weighted by Crippen LogP contribution is -2.37. The Balaban J connectivity index is 3.53. The Labute approximate surface area is 220 Å². The summed E-state index contributed by atoms with van der Waals surface area (Å²) in [6.45, 7) is 3.17. The summed E-state index contributed by atoms with van der Waals surface area (Å²) in [5.41, 5.74) is 0. The van der Waals surface area contributed by atoms with Crippen LogP contribution in [0.25, 0.3) is 0 Å². The lowest BCUT2D eigenvalue weighted by molar-refractivity contribution is -0.870. The second-order valence-electron chi connectivity index (χ2n) is 9.90. The topological polar surface area (TPSA) is 85.2 Å². The lowest BCUT2D eigenvalue weighted by Gasteiger charge is -2.24. The number of hydrogen-bond acceptors (Lipinski definition) is 5. The summed E-state index contributed by atoms with van der Waals surface area (Å²) >= 11 is 0. The Morgan fingerprint density at radius 1 is 0.750 bits per heavy atom. The number of aliphatic hydroxyl groups is 1. The minimum absolute atomic E-state index is 0.0741. The zero-order chi connectivity index (χ0) is 27.0. The van der Waals surface area contributed by atoms with Crippen molar-refractivity contribution in [2.24, 2.45) is 0 Å². The quantitative estimate of drug-likeness (QED) is 0.0655. The van der Waals surface area contributed by atoms with Gasteiger partial charge in [-0.2, -0.15) is 0 Å². The van der Waals surface area contributed by atoms with Gasteiger partial charge in [0.15, 0.2) is 0 Å². The number of hydrogen-bond donors (Lipinski definition) is 2. The van der Waals surface area contributed by atoms with Gasteiger partial charge in [-0.05, 0) is 44.9 Å². The van der Waals surface area contributed by atoms with E-state index >= 15 is 0 Å². The Morgan fingerprint density at radius 2 is 1.31 bits per heavy atom. The predicted octanol–water partition coefficient (Wildman–Crippen LogP) is 6.35. The predicted molar refractivity (Wildman–Crippen MR) is 150 cm³/mol. The molecule has 8 heteroatoms. The highest BCUT2D eigenvalue weighted by Gasteiger charge is 2.24. The SMILES string of the molecule is CC/C=C\C/C=C\C/C=C\C/C=C\CCCCCCCOCC(O)COP(=O)(O)OCC[N+](C)(C)C. The van der Waals surface area contributed by atoms with Crippen molar-refractivity contribution in [1.29, 1.82) is 0 Å². The normalized spacial score (nSPS) is 15.6. The molecule has 0 saturated carbocycles. The van der Waals surface area contributed by atoms with Crippen LogP contribution in [0.4, 0.5) is 0 Å². The number of unbranched alkanes of at least 4 members (excludes halogenated alkanes) is 5. The molecule has 0 aliphatic heterocycles. The largest absolute Gasteiger partial charge is 0.472 e. The standard InChI is InChI=1S/C28H52NO6P/c1-5-6-7-8-9-10-11-12-13-14-15-16-17-18-19-20-21-22-24-33-26-28(30)27-35-36(31,32)34-25-23-29(2,3)4/h6-7,9-10,12-13,15-16,28,30H,5,8,11,14,17-27H2,1-4H3/p+1/b7-6-,10-9-,13-12-,16-15-. The van der Waals surface area contributed by atoms with Crippen molar-refractivity contribution in [3.63, 3.8) is 0 Å². The molecule has 36 heavy (non-hydrogen) atoms. The van der Waals surface area contributed by atoms with E-state index in [4.69, 9.17) is 13.8 Å². The third kappa shape index (κ3) is 27.5. The van der Waals surface area contributed by atoms with Crippen molar-refractivity contribution in [1.82, 2.24) is 0 Å². The highest BCUT2D eigenvalue weighted by molar-refractivity contribution is 7.47. The number of nitrogens with zero attached hydrogens (tertiary/aromatic N) is 1. The third-order valence-corrected chi connectivity index (χ3v) is 6.12. The summed E-state index contributed by atoms with van der Waals surface area (Å²) in [6, 6.07) is 0. The van der Waals surface area contributed by atoms with E-state index in [0.717, 1.165) is 44.9 Å². The van der Waals surface area contributed by atoms with Gasteiger partial charge in [0.1, 0.15) is 19.3 Å². The molecule has 0 aromatic carbocycles. The maximum absolute atomic E-state index is 11.8. The molecule has 0 radical (unpaired) electrons. The molecule has 7 nitrogen and oxygen atoms in total. The van der Waals surface area contributed by atoms with Crippen LogP contribution in [0.5, 0.6) is 0 Å². The molecule has 0 saturated heterocycles. The maximum atomic E-state index is 11.8. The maximum Gasteiger partial charge on any atom is 0.472 e. The van der Waals surface area contributed by atoms with Gasteiger partial charge in [-0.1, -0.05) is 74.8 Å². The molecule has 2 unspecified atom stereocenters. The van der Waals surface area contributed by atoms with Crippen molar-refractivity contribution >= 4 is 7.82 Å². The van der Waals surface area contributed by atoms with E-state index in [0.29, 0.717) is 17.6 Å². The van der Waals surface area contributed by atoms with Crippen LogP contribution >= 0.6 is 7.82 Å². The third-order valence-electron chi connectivity index (χ3n) is 5.14. The molecule has 0 aromatic rings. The van der Waals surface area contributed by atoms with E-state index in [2.05, 4.69) is 55.5 Å². The molecule has 0 rings (SSSR count). The van der Waals surface area contributed by atoms with Crippen LogP contribution in [0.3, 0.4) is 0 Å². The minimum atomic E-state index is -4.15. The first-order valence-corrected chi connectivity index (χ1v) is 14.9. The Kier molecular flexibility index (Phi) is 22.4. The average Bonchev–Trinajstić information content (AvgIpc) is 2.80. The average molecular weight is 531 g/mol. The number of quaternary nitrogens is 1. The van der Waals surface area contributed by atoms with Gasteiger partial charge >= 0.3 is 7.82 Å². The van der Waals surface area contributed by atoms with E-state index in [9.17, 15) is 14.6 Å². The second-order valence-corrected chi connectivity index (χ2v) is 11.4. The van der Waals surface area contributed by atoms with Crippen molar-refractivity contribution < 1.29 is 32.8 Å². The van der Waals surface area contributed by atoms with E-state index in [1.807, 2.05) is 21.1 Å². The van der Waals surface area contributed by atoms with Crippen LogP contribution in [0.1, 0.15) is 71.1 Å². The first-order valence-electron chi connectivity index (χ1n) is 13.4. The van der Waals surface area contributed by atoms with Crippen LogP contribution in [0.15, 0.2) is 48.6 Å². The zero-order valence-electron chi connectivity index (χ0n) is 23.2. The highest BCUT2D eigenvalue weighted by Crippen LogP contribution is 2.43. The van der Waals surface area contributed by atoms with Gasteiger partial charge in [0.25, 0.3) is 0 Å². The number of rotatable bonds is 24. The molecule has 0 aliphatic carbocycles. The van der Waals surface area contributed by atoms with Gasteiger partial charge in [0, 0.05) is 6.61 Å². The lowest BCUT2D eigenvalue weighted by atomic mass is 10.1. The molecule has 0 aromatic heterocycles. The van der Waals surface area contributed by atoms with Crippen molar-refractivity contribution in [3.05, 3.63) is 48.6 Å². The smallest absolute Gasteiger partial charge is 0.388 e. The van der Waals surface area contributed by atoms with E-state index in [1.165, 1.54) is 19.3 Å². The molecule has 0 heterocycles. The van der Waals surface area contributed by atoms with Crippen molar-refractivity contribution in [2.45, 2.75) is 77.2 Å². The van der Waals surface area contributed by atoms with Crippen molar-refractivity contribution in [3.8, 4) is 0 Å². The molecule has 0 amide bonds. The second kappa shape index (κ2) is 23.1. The summed E-state index contributed by atoms with van der Waals surface area (Å²) in [7, 11) is 1.73. The van der Waals surface area contributed by atoms with Crippen LogP contribution in [-0.4, -0.2) is 74.7 Å². The van der Waals surface area contributed by atoms with Crippen LogP contribution in [0, 0.1) is 0 Å². The fourth-order valence-corrected chi connectivity index (χ4v) is 3.76. The van der Waals surface area contributed by atoms with Crippen LogP contribution in [-0.2, 0) is 18.3 Å². The summed E-state index contributed by atoms with van der Waals surface area (Å²) in [4.78, 5) is 9.64. The molecule has 0 spiro atoms. The van der Waals surface area contributed by atoms with Gasteiger partial charge < -0.3 is 19.2 Å². The van der Waals surface area contributed by atoms with E-state index in [-0.39, 0.29) is 19.8 Å². The fourth-order valence-electron chi connectivity index (χ4n) is 3.01. The van der Waals surface area contributed by atoms with Crippen LogP contribution < -0.4 is 0 Å². The summed E-state index contributed by atoms with van der Waals surface area (Å²) < 4.78 is 27.6. The molecular formula is C28H53NO6P+. The number of phosphoric acid groups is 1. The number of allylic oxidation sites excluding steroid dienone is 8. The number of likely N-dealkylation sites (N-methyl/N-ethyl adjacent to an activating group) is 1. The molecule has 0 bridgehead atoms. The molecule has 210 valence electrons.